The molecule has 19 heavy (non-hydrogen) atoms. The zero-order chi connectivity index (χ0) is 14.2. The van der Waals surface area contributed by atoms with Crippen LogP contribution in [0.25, 0.3) is 0 Å². The third-order valence-corrected chi connectivity index (χ3v) is 3.80. The van der Waals surface area contributed by atoms with Crippen LogP contribution in [-0.2, 0) is 14.1 Å². The first kappa shape index (κ1) is 13.4. The van der Waals surface area contributed by atoms with Gasteiger partial charge in [0.05, 0.1) is 0 Å². The van der Waals surface area contributed by atoms with Crippen LogP contribution in [0, 0.1) is 5.82 Å². The van der Waals surface area contributed by atoms with Gasteiger partial charge in [0.15, 0.2) is 0 Å². The first-order chi connectivity index (χ1) is 8.91. The Hall–Kier alpha value is -2.02. The molecule has 0 aliphatic rings. The van der Waals surface area contributed by atoms with Crippen LogP contribution in [0.2, 0.25) is 0 Å². The van der Waals surface area contributed by atoms with E-state index < -0.39 is 11.2 Å². The molecule has 2 N–H and O–H groups in total. The van der Waals surface area contributed by atoms with Gasteiger partial charge in [-0.3, -0.25) is 13.9 Å². The van der Waals surface area contributed by atoms with E-state index in [1.165, 1.54) is 30.8 Å². The second-order valence-electron chi connectivity index (χ2n) is 3.98. The highest BCUT2D eigenvalue weighted by Crippen LogP contribution is 2.28. The van der Waals surface area contributed by atoms with E-state index in [4.69, 9.17) is 5.73 Å². The second-order valence-corrected chi connectivity index (χ2v) is 5.06. The van der Waals surface area contributed by atoms with E-state index in [1.54, 1.807) is 12.1 Å². The summed E-state index contributed by atoms with van der Waals surface area (Å²) < 4.78 is 15.0. The summed E-state index contributed by atoms with van der Waals surface area (Å²) in [6.45, 7) is 0. The number of nitrogens with zero attached hydrogens (tertiary/aromatic N) is 2. The number of benzene rings is 1. The molecule has 0 bridgehead atoms. The molecule has 100 valence electrons. The summed E-state index contributed by atoms with van der Waals surface area (Å²) >= 11 is 1.10. The molecule has 0 saturated heterocycles. The Morgan fingerprint density at radius 2 is 1.68 bits per heavy atom. The van der Waals surface area contributed by atoms with Crippen molar-refractivity contribution in [2.75, 3.05) is 5.73 Å². The lowest BCUT2D eigenvalue weighted by Gasteiger charge is -2.10. The fourth-order valence-electron chi connectivity index (χ4n) is 1.55. The molecular formula is C12H12FN3O2S. The molecule has 1 aromatic carbocycles. The van der Waals surface area contributed by atoms with Gasteiger partial charge in [0.2, 0.25) is 0 Å². The van der Waals surface area contributed by atoms with Crippen LogP contribution < -0.4 is 17.0 Å². The first-order valence-electron chi connectivity index (χ1n) is 5.40. The van der Waals surface area contributed by atoms with Gasteiger partial charge in [0.1, 0.15) is 16.5 Å². The number of anilines is 1. The number of hydrogen-bond donors (Lipinski definition) is 1. The molecule has 1 aromatic heterocycles. The van der Waals surface area contributed by atoms with Crippen molar-refractivity contribution in [1.82, 2.24) is 9.13 Å². The summed E-state index contributed by atoms with van der Waals surface area (Å²) in [5, 5.41) is 0. The van der Waals surface area contributed by atoms with Crippen LogP contribution in [0.4, 0.5) is 10.2 Å². The van der Waals surface area contributed by atoms with E-state index in [-0.39, 0.29) is 16.5 Å². The van der Waals surface area contributed by atoms with Gasteiger partial charge in [-0.1, -0.05) is 11.8 Å². The minimum atomic E-state index is -0.481. The summed E-state index contributed by atoms with van der Waals surface area (Å²) in [5.41, 5.74) is 4.84. The Morgan fingerprint density at radius 3 is 2.26 bits per heavy atom. The van der Waals surface area contributed by atoms with Crippen molar-refractivity contribution in [2.45, 2.75) is 9.79 Å². The Balaban J connectivity index is 2.55. The molecule has 0 radical (unpaired) electrons. The van der Waals surface area contributed by atoms with Gasteiger partial charge < -0.3 is 5.73 Å². The van der Waals surface area contributed by atoms with E-state index in [9.17, 15) is 14.0 Å². The monoisotopic (exact) mass is 281 g/mol. The standard InChI is InChI=1S/C12H12FN3O2S/c1-15-10(14)9(11(17)16(2)12(15)18)19-8-5-3-7(13)4-6-8/h3-6H,14H2,1-2H3. The second kappa shape index (κ2) is 4.93. The van der Waals surface area contributed by atoms with Crippen LogP contribution in [0.15, 0.2) is 43.6 Å². The number of nitrogen functional groups attached to an aromatic ring is 1. The maximum Gasteiger partial charge on any atom is 0.332 e. The first-order valence-corrected chi connectivity index (χ1v) is 6.22. The van der Waals surface area contributed by atoms with Crippen molar-refractivity contribution in [2.24, 2.45) is 14.1 Å². The third-order valence-electron chi connectivity index (χ3n) is 2.70. The van der Waals surface area contributed by atoms with E-state index >= 15 is 0 Å². The Bertz CT molecular complexity index is 734. The topological polar surface area (TPSA) is 70.0 Å². The Kier molecular flexibility index (Phi) is 3.48. The smallest absolute Gasteiger partial charge is 0.332 e. The maximum atomic E-state index is 12.8. The third kappa shape index (κ3) is 2.41. The maximum absolute atomic E-state index is 12.8. The average molecular weight is 281 g/mol. The van der Waals surface area contributed by atoms with Crippen LogP contribution in [0.1, 0.15) is 0 Å². The Labute approximate surface area is 112 Å². The van der Waals surface area contributed by atoms with Crippen LogP contribution >= 0.6 is 11.8 Å². The van der Waals surface area contributed by atoms with Crippen molar-refractivity contribution in [3.05, 3.63) is 50.9 Å². The van der Waals surface area contributed by atoms with Crippen molar-refractivity contribution in [3.63, 3.8) is 0 Å². The summed E-state index contributed by atoms with van der Waals surface area (Å²) in [4.78, 5) is 24.6. The zero-order valence-corrected chi connectivity index (χ0v) is 11.2. The van der Waals surface area contributed by atoms with Gasteiger partial charge in [-0.05, 0) is 24.3 Å². The fourth-order valence-corrected chi connectivity index (χ4v) is 2.52. The molecule has 2 rings (SSSR count). The summed E-state index contributed by atoms with van der Waals surface area (Å²) in [5.74, 6) is -0.256. The lowest BCUT2D eigenvalue weighted by Crippen LogP contribution is -2.39. The average Bonchev–Trinajstić information content (AvgIpc) is 2.41. The molecule has 0 atom stereocenters. The predicted molar refractivity (Wildman–Crippen MR) is 71.9 cm³/mol. The molecule has 7 heteroatoms. The lowest BCUT2D eigenvalue weighted by molar-refractivity contribution is 0.626. The number of rotatable bonds is 2. The summed E-state index contributed by atoms with van der Waals surface area (Å²) in [6, 6.07) is 5.68. The molecule has 0 fully saturated rings. The fraction of sp³-hybridized carbons (Fsp3) is 0.167. The largest absolute Gasteiger partial charge is 0.384 e. The van der Waals surface area contributed by atoms with Gasteiger partial charge in [-0.2, -0.15) is 0 Å². The molecular weight excluding hydrogens is 269 g/mol. The minimum Gasteiger partial charge on any atom is -0.384 e. The van der Waals surface area contributed by atoms with Crippen molar-refractivity contribution < 1.29 is 4.39 Å². The SMILES string of the molecule is Cn1c(N)c(Sc2ccc(F)cc2)c(=O)n(C)c1=O. The van der Waals surface area contributed by atoms with Crippen LogP contribution in [0.3, 0.4) is 0 Å². The van der Waals surface area contributed by atoms with Gasteiger partial charge in [-0.25, -0.2) is 9.18 Å². The predicted octanol–water partition coefficient (Wildman–Crippen LogP) is 0.956. The van der Waals surface area contributed by atoms with Crippen molar-refractivity contribution in [3.8, 4) is 0 Å². The van der Waals surface area contributed by atoms with Crippen molar-refractivity contribution >= 4 is 17.6 Å². The quantitative estimate of drug-likeness (QED) is 0.890. The normalized spacial score (nSPS) is 10.7. The summed E-state index contributed by atoms with van der Waals surface area (Å²) in [7, 11) is 2.88. The zero-order valence-electron chi connectivity index (χ0n) is 10.4. The number of hydrogen-bond acceptors (Lipinski definition) is 4. The van der Waals surface area contributed by atoms with Crippen LogP contribution in [-0.4, -0.2) is 9.13 Å². The van der Waals surface area contributed by atoms with E-state index in [2.05, 4.69) is 0 Å². The molecule has 0 unspecified atom stereocenters. The van der Waals surface area contributed by atoms with E-state index in [0.717, 1.165) is 16.3 Å². The highest BCUT2D eigenvalue weighted by molar-refractivity contribution is 7.99. The number of halogens is 1. The Morgan fingerprint density at radius 1 is 1.11 bits per heavy atom. The number of nitrogens with two attached hydrogens (primary N) is 1. The summed E-state index contributed by atoms with van der Waals surface area (Å²) in [6.07, 6.45) is 0. The molecule has 0 aliphatic carbocycles. The van der Waals surface area contributed by atoms with Gasteiger partial charge in [0.25, 0.3) is 5.56 Å². The van der Waals surface area contributed by atoms with Gasteiger partial charge in [-0.15, -0.1) is 0 Å². The molecule has 0 saturated carbocycles. The van der Waals surface area contributed by atoms with E-state index in [1.807, 2.05) is 0 Å². The van der Waals surface area contributed by atoms with E-state index in [0.29, 0.717) is 4.90 Å². The molecule has 5 nitrogen and oxygen atoms in total. The van der Waals surface area contributed by atoms with Gasteiger partial charge >= 0.3 is 5.69 Å². The molecule has 1 heterocycles. The lowest BCUT2D eigenvalue weighted by atomic mass is 10.4. The highest BCUT2D eigenvalue weighted by Gasteiger charge is 2.14. The minimum absolute atomic E-state index is 0.0995. The molecule has 2 aromatic rings. The highest BCUT2D eigenvalue weighted by atomic mass is 32.2. The molecule has 0 aliphatic heterocycles. The molecule has 0 spiro atoms. The van der Waals surface area contributed by atoms with Crippen molar-refractivity contribution in [1.29, 1.82) is 0 Å². The number of aromatic nitrogens is 2. The van der Waals surface area contributed by atoms with Crippen LogP contribution in [0.5, 0.6) is 0 Å². The van der Waals surface area contributed by atoms with Gasteiger partial charge in [0, 0.05) is 19.0 Å². The molecule has 0 amide bonds.